The summed E-state index contributed by atoms with van der Waals surface area (Å²) < 4.78 is 19.6. The molecule has 0 fully saturated rings. The fourth-order valence-corrected chi connectivity index (χ4v) is 3.96. The molecule has 3 rings (SSSR count). The Morgan fingerprint density at radius 3 is 2.67 bits per heavy atom. The van der Waals surface area contributed by atoms with Crippen LogP contribution in [0.4, 0.5) is 9.52 Å². The molecular weight excluding hydrogens is 410 g/mol. The number of fused-ring (bicyclic) bond motifs is 1. The molecule has 0 spiro atoms. The van der Waals surface area contributed by atoms with Gasteiger partial charge >= 0.3 is 0 Å². The first-order valence-corrected chi connectivity index (χ1v) is 10.0. The Hall–Kier alpha value is -1.89. The van der Waals surface area contributed by atoms with Gasteiger partial charge in [-0.05, 0) is 36.8 Å². The van der Waals surface area contributed by atoms with Crippen LogP contribution in [0.2, 0.25) is 10.0 Å². The van der Waals surface area contributed by atoms with Gasteiger partial charge in [0.25, 0.3) is 5.91 Å². The van der Waals surface area contributed by atoms with Crippen LogP contribution in [-0.4, -0.2) is 17.5 Å². The van der Waals surface area contributed by atoms with Crippen molar-refractivity contribution in [3.63, 3.8) is 0 Å². The van der Waals surface area contributed by atoms with Gasteiger partial charge in [-0.15, -0.1) is 0 Å². The van der Waals surface area contributed by atoms with E-state index in [1.807, 2.05) is 0 Å². The number of carbonyl (C=O) groups excluding carboxylic acids is 1. The van der Waals surface area contributed by atoms with Crippen molar-refractivity contribution in [2.75, 3.05) is 11.9 Å². The molecule has 0 bridgehead atoms. The van der Waals surface area contributed by atoms with Gasteiger partial charge in [-0.25, -0.2) is 9.37 Å². The number of nitrogens with zero attached hydrogens (tertiary/aromatic N) is 1. The Morgan fingerprint density at radius 1 is 1.22 bits per heavy atom. The van der Waals surface area contributed by atoms with Crippen LogP contribution in [0.25, 0.3) is 10.2 Å². The maximum Gasteiger partial charge on any atom is 0.257 e. The van der Waals surface area contributed by atoms with Crippen molar-refractivity contribution in [1.29, 1.82) is 0 Å². The number of unbranched alkanes of at least 4 members (excludes halogenated alkanes) is 2. The van der Waals surface area contributed by atoms with Crippen LogP contribution in [0, 0.1) is 5.82 Å². The smallest absolute Gasteiger partial charge is 0.257 e. The maximum absolute atomic E-state index is 13.3. The number of anilines is 1. The Balaban J connectivity index is 1.73. The molecule has 1 aromatic heterocycles. The van der Waals surface area contributed by atoms with Gasteiger partial charge in [-0.1, -0.05) is 54.3 Å². The normalized spacial score (nSPS) is 11.0. The quantitative estimate of drug-likeness (QED) is 0.434. The predicted molar refractivity (Wildman–Crippen MR) is 109 cm³/mol. The number of hydrogen-bond donors (Lipinski definition) is 1. The van der Waals surface area contributed by atoms with Crippen LogP contribution in [0.5, 0.6) is 5.75 Å². The van der Waals surface area contributed by atoms with Crippen LogP contribution in [0.3, 0.4) is 0 Å². The molecule has 0 aliphatic carbocycles. The highest BCUT2D eigenvalue weighted by Crippen LogP contribution is 2.35. The molecule has 27 heavy (non-hydrogen) atoms. The van der Waals surface area contributed by atoms with E-state index in [4.69, 9.17) is 27.9 Å². The van der Waals surface area contributed by atoms with Gasteiger partial charge < -0.3 is 4.74 Å². The predicted octanol–water partition coefficient (Wildman–Crippen LogP) is 6.56. The van der Waals surface area contributed by atoms with Crippen LogP contribution < -0.4 is 10.1 Å². The lowest BCUT2D eigenvalue weighted by Crippen LogP contribution is -2.12. The Bertz CT molecular complexity index is 954. The molecule has 142 valence electrons. The molecule has 1 N–H and O–H groups in total. The molecule has 0 saturated carbocycles. The number of benzene rings is 2. The molecule has 0 radical (unpaired) electrons. The summed E-state index contributed by atoms with van der Waals surface area (Å²) in [5, 5.41) is 3.60. The molecule has 4 nitrogen and oxygen atoms in total. The first-order valence-electron chi connectivity index (χ1n) is 8.47. The fraction of sp³-hybridized carbons (Fsp3) is 0.263. The van der Waals surface area contributed by atoms with E-state index in [-0.39, 0.29) is 21.4 Å². The minimum absolute atomic E-state index is 0.274. The van der Waals surface area contributed by atoms with Crippen LogP contribution in [0.15, 0.2) is 30.3 Å². The third-order valence-electron chi connectivity index (χ3n) is 3.83. The van der Waals surface area contributed by atoms with E-state index in [1.165, 1.54) is 35.6 Å². The zero-order valence-corrected chi connectivity index (χ0v) is 16.8. The highest BCUT2D eigenvalue weighted by Gasteiger charge is 2.16. The van der Waals surface area contributed by atoms with E-state index >= 15 is 0 Å². The van der Waals surface area contributed by atoms with Gasteiger partial charge in [0, 0.05) is 5.56 Å². The zero-order valence-electron chi connectivity index (χ0n) is 14.5. The average Bonchev–Trinajstić information content (AvgIpc) is 3.01. The highest BCUT2D eigenvalue weighted by atomic mass is 35.5. The number of hydrogen-bond acceptors (Lipinski definition) is 4. The maximum atomic E-state index is 13.3. The second-order valence-electron chi connectivity index (χ2n) is 5.91. The second kappa shape index (κ2) is 8.87. The number of aromatic nitrogens is 1. The Morgan fingerprint density at radius 2 is 1.96 bits per heavy atom. The van der Waals surface area contributed by atoms with E-state index in [0.29, 0.717) is 27.7 Å². The minimum atomic E-state index is -0.407. The summed E-state index contributed by atoms with van der Waals surface area (Å²) in [7, 11) is 0. The van der Waals surface area contributed by atoms with Gasteiger partial charge in [-0.2, -0.15) is 0 Å². The van der Waals surface area contributed by atoms with Crippen molar-refractivity contribution in [2.45, 2.75) is 26.2 Å². The number of amides is 1. The topological polar surface area (TPSA) is 51.2 Å². The molecule has 0 saturated heterocycles. The average molecular weight is 427 g/mol. The van der Waals surface area contributed by atoms with Crippen LogP contribution in [-0.2, 0) is 0 Å². The lowest BCUT2D eigenvalue weighted by atomic mass is 10.2. The molecule has 0 aliphatic rings. The second-order valence-corrected chi connectivity index (χ2v) is 7.75. The zero-order chi connectivity index (χ0) is 19.4. The van der Waals surface area contributed by atoms with Crippen molar-refractivity contribution in [3.05, 3.63) is 51.8 Å². The summed E-state index contributed by atoms with van der Waals surface area (Å²) in [5.41, 5.74) is 0.903. The number of rotatable bonds is 7. The van der Waals surface area contributed by atoms with Gasteiger partial charge in [-0.3, -0.25) is 10.1 Å². The summed E-state index contributed by atoms with van der Waals surface area (Å²) in [4.78, 5) is 16.8. The van der Waals surface area contributed by atoms with Crippen LogP contribution >= 0.6 is 34.5 Å². The van der Waals surface area contributed by atoms with E-state index in [0.717, 1.165) is 19.3 Å². The first-order chi connectivity index (χ1) is 13.0. The number of ether oxygens (including phenoxy) is 1. The summed E-state index contributed by atoms with van der Waals surface area (Å²) in [5.74, 6) is -0.380. The van der Waals surface area contributed by atoms with Crippen LogP contribution in [0.1, 0.15) is 36.5 Å². The first kappa shape index (κ1) is 19.9. The Labute approximate surface area is 170 Å². The van der Waals surface area contributed by atoms with Crippen molar-refractivity contribution in [2.24, 2.45) is 0 Å². The summed E-state index contributed by atoms with van der Waals surface area (Å²) in [6.07, 6.45) is 3.05. The molecule has 0 unspecified atom stereocenters. The summed E-state index contributed by atoms with van der Waals surface area (Å²) in [6.45, 7) is 2.62. The number of nitrogens with one attached hydrogen (secondary N) is 1. The van der Waals surface area contributed by atoms with E-state index < -0.39 is 5.91 Å². The summed E-state index contributed by atoms with van der Waals surface area (Å²) >= 11 is 13.7. The number of carbonyl (C=O) groups is 1. The van der Waals surface area contributed by atoms with Crippen molar-refractivity contribution >= 4 is 55.8 Å². The minimum Gasteiger partial charge on any atom is -0.490 e. The number of thiazole rings is 1. The van der Waals surface area contributed by atoms with Gasteiger partial charge in [0.2, 0.25) is 0 Å². The Kier molecular flexibility index (Phi) is 6.52. The molecule has 3 aromatic rings. The largest absolute Gasteiger partial charge is 0.490 e. The van der Waals surface area contributed by atoms with Crippen molar-refractivity contribution in [3.8, 4) is 5.75 Å². The molecular formula is C19H17Cl2FN2O2S. The van der Waals surface area contributed by atoms with E-state index in [1.54, 1.807) is 6.07 Å². The highest BCUT2D eigenvalue weighted by molar-refractivity contribution is 7.22. The molecule has 1 heterocycles. The molecule has 0 atom stereocenters. The van der Waals surface area contributed by atoms with Crippen molar-refractivity contribution in [1.82, 2.24) is 4.98 Å². The standard InChI is InChI=1S/C19H17Cl2FN2O2S/c1-2-3-4-7-26-17-13(20)8-11(9-14(17)21)18(25)24-19-23-15-6-5-12(22)10-16(15)27-19/h5-6,8-10H,2-4,7H2,1H3,(H,23,24,25). The monoisotopic (exact) mass is 426 g/mol. The lowest BCUT2D eigenvalue weighted by Gasteiger charge is -2.11. The fourth-order valence-electron chi connectivity index (χ4n) is 2.48. The summed E-state index contributed by atoms with van der Waals surface area (Å²) in [6, 6.07) is 7.28. The van der Waals surface area contributed by atoms with Crippen molar-refractivity contribution < 1.29 is 13.9 Å². The third-order valence-corrected chi connectivity index (χ3v) is 5.32. The lowest BCUT2D eigenvalue weighted by molar-refractivity contribution is 0.102. The SMILES string of the molecule is CCCCCOc1c(Cl)cc(C(=O)Nc2nc3ccc(F)cc3s2)cc1Cl. The molecule has 1 amide bonds. The van der Waals surface area contributed by atoms with Gasteiger partial charge in [0.1, 0.15) is 5.82 Å². The number of halogens is 3. The van der Waals surface area contributed by atoms with E-state index in [2.05, 4.69) is 17.2 Å². The van der Waals surface area contributed by atoms with Gasteiger partial charge in [0.15, 0.2) is 10.9 Å². The van der Waals surface area contributed by atoms with Gasteiger partial charge in [0.05, 0.1) is 26.9 Å². The third kappa shape index (κ3) is 4.89. The van der Waals surface area contributed by atoms with E-state index in [9.17, 15) is 9.18 Å². The molecule has 0 aliphatic heterocycles. The molecule has 2 aromatic carbocycles. The molecule has 8 heteroatoms.